The van der Waals surface area contributed by atoms with Crippen LogP contribution in [-0.4, -0.2) is 30.8 Å². The van der Waals surface area contributed by atoms with E-state index in [-0.39, 0.29) is 24.4 Å². The second-order valence-corrected chi connectivity index (χ2v) is 8.69. The van der Waals surface area contributed by atoms with E-state index < -0.39 is 0 Å². The summed E-state index contributed by atoms with van der Waals surface area (Å²) in [6.45, 7) is 1.60. The summed E-state index contributed by atoms with van der Waals surface area (Å²) in [5.74, 6) is 0.812. The van der Waals surface area contributed by atoms with E-state index in [0.29, 0.717) is 33.7 Å². The van der Waals surface area contributed by atoms with Crippen molar-refractivity contribution in [2.24, 2.45) is 5.73 Å². The van der Waals surface area contributed by atoms with Crippen LogP contribution in [0.3, 0.4) is 0 Å². The van der Waals surface area contributed by atoms with E-state index in [2.05, 4.69) is 11.1 Å². The van der Waals surface area contributed by atoms with E-state index in [1.165, 1.54) is 12.1 Å². The minimum atomic E-state index is -0.366. The molecule has 6 nitrogen and oxygen atoms in total. The maximum absolute atomic E-state index is 14.6. The molecule has 1 saturated heterocycles. The fourth-order valence-electron chi connectivity index (χ4n) is 4.50. The van der Waals surface area contributed by atoms with Crippen molar-refractivity contribution in [2.75, 3.05) is 19.8 Å². The maximum Gasteiger partial charge on any atom is 0.279 e. The van der Waals surface area contributed by atoms with Crippen molar-refractivity contribution in [3.05, 3.63) is 76.2 Å². The third-order valence-electron chi connectivity index (χ3n) is 6.20. The Morgan fingerprint density at radius 1 is 1.15 bits per heavy atom. The minimum Gasteiger partial charge on any atom is -0.465 e. The van der Waals surface area contributed by atoms with E-state index in [9.17, 15) is 4.39 Å². The van der Waals surface area contributed by atoms with Crippen molar-refractivity contribution in [3.63, 3.8) is 0 Å². The lowest BCUT2D eigenvalue weighted by Gasteiger charge is -2.29. The van der Waals surface area contributed by atoms with Crippen molar-refractivity contribution in [2.45, 2.75) is 24.7 Å². The Labute approximate surface area is 196 Å². The first-order valence-corrected chi connectivity index (χ1v) is 11.2. The molecule has 0 saturated carbocycles. The van der Waals surface area contributed by atoms with Crippen molar-refractivity contribution < 1.29 is 18.6 Å². The van der Waals surface area contributed by atoms with Crippen LogP contribution in [0.25, 0.3) is 11.1 Å². The summed E-state index contributed by atoms with van der Waals surface area (Å²) in [7, 11) is 0. The summed E-state index contributed by atoms with van der Waals surface area (Å²) in [6.07, 6.45) is 3.73. The Kier molecular flexibility index (Phi) is 5.91. The number of benzene rings is 2. The van der Waals surface area contributed by atoms with Crippen LogP contribution in [0.5, 0.6) is 11.6 Å². The number of halogens is 2. The van der Waals surface area contributed by atoms with E-state index in [1.54, 1.807) is 18.2 Å². The number of nitrogens with one attached hydrogen (secondary N) is 1. The summed E-state index contributed by atoms with van der Waals surface area (Å²) >= 11 is 6.12. The molecule has 5 rings (SSSR count). The molecule has 8 heteroatoms. The van der Waals surface area contributed by atoms with Crippen LogP contribution in [-0.2, 0) is 9.47 Å². The molecule has 1 fully saturated rings. The van der Waals surface area contributed by atoms with Crippen LogP contribution in [0.15, 0.2) is 48.7 Å². The third kappa shape index (κ3) is 4.38. The predicted molar refractivity (Wildman–Crippen MR) is 124 cm³/mol. The Balaban J connectivity index is 1.58. The molecular formula is C25H23ClFN3O3. The normalized spacial score (nSPS) is 17.6. The number of nitrogens with two attached hydrogens (primary N) is 1. The number of hydrogen-bond acceptors (Lipinski definition) is 5. The SMILES string of the molecule is N=C(N)OCC1c2cc(-c3cc(Cl)ccc3F)ccc2Oc2ncc(C3CCOCC3)cc21. The van der Waals surface area contributed by atoms with Gasteiger partial charge in [0.25, 0.3) is 6.02 Å². The second-order valence-electron chi connectivity index (χ2n) is 8.26. The average molecular weight is 468 g/mol. The summed E-state index contributed by atoms with van der Waals surface area (Å²) in [5.41, 5.74) is 9.35. The largest absolute Gasteiger partial charge is 0.465 e. The van der Waals surface area contributed by atoms with Gasteiger partial charge in [-0.3, -0.25) is 5.41 Å². The van der Waals surface area contributed by atoms with E-state index in [0.717, 1.165) is 42.7 Å². The van der Waals surface area contributed by atoms with E-state index in [4.69, 9.17) is 37.0 Å². The standard InChI is InChI=1S/C25H23ClFN3O3/c26-17-2-3-22(27)18(11-17)15-1-4-23-19(9-15)21(13-32-25(28)29)20-10-16(12-30-24(20)33-23)14-5-7-31-8-6-14/h1-4,9-12,14,21H,5-8,13H2,(H3,28,29). The van der Waals surface area contributed by atoms with Gasteiger partial charge in [0, 0.05) is 41.1 Å². The van der Waals surface area contributed by atoms with Crippen LogP contribution in [0, 0.1) is 11.2 Å². The molecule has 3 N–H and O–H groups in total. The van der Waals surface area contributed by atoms with Crippen molar-refractivity contribution in [1.29, 1.82) is 5.41 Å². The number of nitrogens with zero attached hydrogens (tertiary/aromatic N) is 1. The van der Waals surface area contributed by atoms with Gasteiger partial charge in [0.15, 0.2) is 0 Å². The van der Waals surface area contributed by atoms with Gasteiger partial charge in [-0.1, -0.05) is 17.7 Å². The summed E-state index contributed by atoms with van der Waals surface area (Å²) in [4.78, 5) is 4.60. The smallest absolute Gasteiger partial charge is 0.279 e. The Hall–Kier alpha value is -3.16. The lowest BCUT2D eigenvalue weighted by atomic mass is 9.85. The number of aromatic nitrogens is 1. The van der Waals surface area contributed by atoms with Crippen LogP contribution < -0.4 is 10.5 Å². The lowest BCUT2D eigenvalue weighted by Crippen LogP contribution is -2.22. The van der Waals surface area contributed by atoms with Crippen molar-refractivity contribution in [1.82, 2.24) is 4.98 Å². The van der Waals surface area contributed by atoms with Crippen LogP contribution in [0.1, 0.15) is 41.4 Å². The predicted octanol–water partition coefficient (Wildman–Crippen LogP) is 5.58. The van der Waals surface area contributed by atoms with Gasteiger partial charge < -0.3 is 19.9 Å². The number of ether oxygens (including phenoxy) is 3. The Morgan fingerprint density at radius 3 is 2.76 bits per heavy atom. The van der Waals surface area contributed by atoms with Gasteiger partial charge in [-0.15, -0.1) is 0 Å². The Morgan fingerprint density at radius 2 is 1.97 bits per heavy atom. The van der Waals surface area contributed by atoms with Crippen LogP contribution in [0.2, 0.25) is 5.02 Å². The molecule has 1 atom stereocenters. The highest BCUT2D eigenvalue weighted by molar-refractivity contribution is 6.30. The molecule has 0 spiro atoms. The number of hydrogen-bond donors (Lipinski definition) is 2. The van der Waals surface area contributed by atoms with Gasteiger partial charge in [-0.25, -0.2) is 9.37 Å². The minimum absolute atomic E-state index is 0.138. The van der Waals surface area contributed by atoms with E-state index in [1.807, 2.05) is 12.3 Å². The Bertz CT molecular complexity index is 1210. The maximum atomic E-state index is 14.6. The van der Waals surface area contributed by atoms with Gasteiger partial charge in [0.1, 0.15) is 18.2 Å². The quantitative estimate of drug-likeness (QED) is 0.386. The molecule has 2 aromatic carbocycles. The number of rotatable bonds is 4. The first-order valence-electron chi connectivity index (χ1n) is 10.8. The van der Waals surface area contributed by atoms with Gasteiger partial charge in [0.05, 0.1) is 5.92 Å². The number of amidine groups is 1. The summed E-state index contributed by atoms with van der Waals surface area (Å²) in [5, 5.41) is 7.99. The van der Waals surface area contributed by atoms with Crippen molar-refractivity contribution in [3.8, 4) is 22.8 Å². The number of fused-ring (bicyclic) bond motifs is 2. The monoisotopic (exact) mass is 467 g/mol. The highest BCUT2D eigenvalue weighted by Crippen LogP contribution is 2.46. The van der Waals surface area contributed by atoms with E-state index >= 15 is 0 Å². The second kappa shape index (κ2) is 9.00. The van der Waals surface area contributed by atoms with Crippen molar-refractivity contribution >= 4 is 17.6 Å². The topological polar surface area (TPSA) is 90.5 Å². The average Bonchev–Trinajstić information content (AvgIpc) is 2.83. The zero-order chi connectivity index (χ0) is 22.9. The molecule has 0 amide bonds. The fraction of sp³-hybridized carbons (Fsp3) is 0.280. The third-order valence-corrected chi connectivity index (χ3v) is 6.44. The van der Waals surface area contributed by atoms with Gasteiger partial charge in [-0.2, -0.15) is 0 Å². The summed E-state index contributed by atoms with van der Waals surface area (Å²) in [6, 6.07) is 11.7. The summed E-state index contributed by atoms with van der Waals surface area (Å²) < 4.78 is 31.6. The van der Waals surface area contributed by atoms with Gasteiger partial charge in [-0.05, 0) is 66.3 Å². The molecule has 0 radical (unpaired) electrons. The first kappa shape index (κ1) is 21.7. The number of pyridine rings is 1. The highest BCUT2D eigenvalue weighted by atomic mass is 35.5. The zero-order valence-electron chi connectivity index (χ0n) is 17.8. The highest BCUT2D eigenvalue weighted by Gasteiger charge is 2.31. The molecule has 3 aromatic rings. The van der Waals surface area contributed by atoms with Crippen LogP contribution >= 0.6 is 11.6 Å². The molecule has 2 aliphatic rings. The molecule has 0 aliphatic carbocycles. The lowest BCUT2D eigenvalue weighted by molar-refractivity contribution is 0.0852. The molecule has 170 valence electrons. The molecule has 0 bridgehead atoms. The van der Waals surface area contributed by atoms with Gasteiger partial charge >= 0.3 is 0 Å². The fourth-order valence-corrected chi connectivity index (χ4v) is 4.67. The zero-order valence-corrected chi connectivity index (χ0v) is 18.6. The molecule has 1 aromatic heterocycles. The van der Waals surface area contributed by atoms with Crippen LogP contribution in [0.4, 0.5) is 4.39 Å². The molecule has 2 aliphatic heterocycles. The first-order chi connectivity index (χ1) is 16.0. The van der Waals surface area contributed by atoms with Gasteiger partial charge in [0.2, 0.25) is 5.88 Å². The molecule has 33 heavy (non-hydrogen) atoms. The molecular weight excluding hydrogens is 445 g/mol. The molecule has 3 heterocycles. The molecule has 1 unspecified atom stereocenters.